The first-order valence-electron chi connectivity index (χ1n) is 4.07. The highest BCUT2D eigenvalue weighted by atomic mass is 16.6. The molecule has 0 spiro atoms. The molecule has 0 N–H and O–H groups in total. The van der Waals surface area contributed by atoms with E-state index in [-0.39, 0.29) is 12.3 Å². The molecule has 0 saturated carbocycles. The van der Waals surface area contributed by atoms with E-state index in [2.05, 4.69) is 5.92 Å². The molecule has 0 aliphatic heterocycles. The number of hydrogen-bond acceptors (Lipinski definition) is 4. The molecule has 0 radical (unpaired) electrons. The van der Waals surface area contributed by atoms with Crippen molar-refractivity contribution in [3.05, 3.63) is 28.3 Å². The minimum absolute atomic E-state index is 0.0556. The summed E-state index contributed by atoms with van der Waals surface area (Å²) in [5.41, 5.74) is -0.0556. The molecule has 5 heteroatoms. The summed E-state index contributed by atoms with van der Waals surface area (Å²) in [6.07, 6.45) is 5.02. The van der Waals surface area contributed by atoms with Crippen molar-refractivity contribution in [2.75, 3.05) is 13.7 Å². The van der Waals surface area contributed by atoms with Crippen LogP contribution in [0.15, 0.2) is 18.2 Å². The molecule has 5 nitrogen and oxygen atoms in total. The highest BCUT2D eigenvalue weighted by molar-refractivity contribution is 5.48. The van der Waals surface area contributed by atoms with Crippen molar-refractivity contribution in [2.45, 2.75) is 0 Å². The number of non-ortho nitro benzene ring substituents is 1. The number of rotatable bonds is 4. The largest absolute Gasteiger partial charge is 0.493 e. The molecule has 0 aliphatic rings. The first-order chi connectivity index (χ1) is 7.19. The molecule has 0 unspecified atom stereocenters. The van der Waals surface area contributed by atoms with Gasteiger partial charge in [0, 0.05) is 6.07 Å². The maximum absolute atomic E-state index is 10.5. The lowest BCUT2D eigenvalue weighted by molar-refractivity contribution is -0.384. The van der Waals surface area contributed by atoms with E-state index in [0.29, 0.717) is 11.5 Å². The van der Waals surface area contributed by atoms with Crippen molar-refractivity contribution in [1.82, 2.24) is 0 Å². The van der Waals surface area contributed by atoms with E-state index in [1.54, 1.807) is 0 Å². The molecule has 1 aromatic rings. The third kappa shape index (κ3) is 2.61. The van der Waals surface area contributed by atoms with Gasteiger partial charge in [0.1, 0.15) is 6.61 Å². The minimum Gasteiger partial charge on any atom is -0.493 e. The van der Waals surface area contributed by atoms with Crippen molar-refractivity contribution in [3.8, 4) is 23.8 Å². The maximum Gasteiger partial charge on any atom is 0.273 e. The second-order valence-corrected chi connectivity index (χ2v) is 2.59. The van der Waals surface area contributed by atoms with E-state index in [1.807, 2.05) is 0 Å². The van der Waals surface area contributed by atoms with E-state index in [1.165, 1.54) is 25.3 Å². The lowest BCUT2D eigenvalue weighted by Gasteiger charge is -2.07. The summed E-state index contributed by atoms with van der Waals surface area (Å²) in [4.78, 5) is 9.96. The molecule has 0 heterocycles. The number of nitro groups is 1. The monoisotopic (exact) mass is 207 g/mol. The van der Waals surface area contributed by atoms with Crippen LogP contribution in [0.4, 0.5) is 5.69 Å². The van der Waals surface area contributed by atoms with Crippen LogP contribution in [0.5, 0.6) is 11.5 Å². The highest BCUT2D eigenvalue weighted by Gasteiger charge is 2.11. The Bertz CT molecular complexity index is 408. The standard InChI is InChI=1S/C10H9NO4/c1-3-6-15-9-5-4-8(11(12)13)7-10(9)14-2/h1,4-5,7H,6H2,2H3. The van der Waals surface area contributed by atoms with E-state index >= 15 is 0 Å². The molecular weight excluding hydrogens is 198 g/mol. The zero-order valence-corrected chi connectivity index (χ0v) is 8.10. The molecule has 1 aromatic carbocycles. The fraction of sp³-hybridized carbons (Fsp3) is 0.200. The number of ether oxygens (including phenoxy) is 2. The molecule has 0 bridgehead atoms. The van der Waals surface area contributed by atoms with Crippen LogP contribution >= 0.6 is 0 Å². The van der Waals surface area contributed by atoms with E-state index in [9.17, 15) is 10.1 Å². The Morgan fingerprint density at radius 1 is 1.53 bits per heavy atom. The van der Waals surface area contributed by atoms with Crippen LogP contribution in [0.1, 0.15) is 0 Å². The molecule has 0 aromatic heterocycles. The molecule has 78 valence electrons. The summed E-state index contributed by atoms with van der Waals surface area (Å²) in [6.45, 7) is 0.0914. The van der Waals surface area contributed by atoms with Crippen LogP contribution in [0.25, 0.3) is 0 Å². The second-order valence-electron chi connectivity index (χ2n) is 2.59. The van der Waals surface area contributed by atoms with Crippen LogP contribution in [0.3, 0.4) is 0 Å². The van der Waals surface area contributed by atoms with Crippen molar-refractivity contribution in [2.24, 2.45) is 0 Å². The van der Waals surface area contributed by atoms with Gasteiger partial charge in [-0.1, -0.05) is 5.92 Å². The molecule has 1 rings (SSSR count). The number of nitrogens with zero attached hydrogens (tertiary/aromatic N) is 1. The van der Waals surface area contributed by atoms with Gasteiger partial charge in [0.25, 0.3) is 5.69 Å². The maximum atomic E-state index is 10.5. The van der Waals surface area contributed by atoms with Gasteiger partial charge in [-0.3, -0.25) is 10.1 Å². The Kier molecular flexibility index (Phi) is 3.52. The third-order valence-corrected chi connectivity index (χ3v) is 1.67. The van der Waals surface area contributed by atoms with Crippen LogP contribution in [0, 0.1) is 22.5 Å². The van der Waals surface area contributed by atoms with Gasteiger partial charge in [0.05, 0.1) is 18.1 Å². The SMILES string of the molecule is C#CCOc1ccc([N+](=O)[O-])cc1OC. The molecule has 0 aliphatic carbocycles. The van der Waals surface area contributed by atoms with E-state index in [0.717, 1.165) is 0 Å². The highest BCUT2D eigenvalue weighted by Crippen LogP contribution is 2.30. The Labute approximate surface area is 86.8 Å². The second kappa shape index (κ2) is 4.86. The lowest BCUT2D eigenvalue weighted by Crippen LogP contribution is -1.97. The van der Waals surface area contributed by atoms with Gasteiger partial charge in [0.2, 0.25) is 0 Å². The zero-order chi connectivity index (χ0) is 11.3. The number of terminal acetylenes is 1. The first kappa shape index (κ1) is 10.9. The minimum atomic E-state index is -0.506. The number of benzene rings is 1. The molecule has 0 atom stereocenters. The average molecular weight is 207 g/mol. The summed E-state index contributed by atoms with van der Waals surface area (Å²) in [7, 11) is 1.40. The topological polar surface area (TPSA) is 61.6 Å². The van der Waals surface area contributed by atoms with Crippen molar-refractivity contribution in [1.29, 1.82) is 0 Å². The van der Waals surface area contributed by atoms with Crippen LogP contribution < -0.4 is 9.47 Å². The van der Waals surface area contributed by atoms with E-state index in [4.69, 9.17) is 15.9 Å². The molecule has 0 fully saturated rings. The van der Waals surface area contributed by atoms with Gasteiger partial charge in [-0.15, -0.1) is 6.42 Å². The zero-order valence-electron chi connectivity index (χ0n) is 8.10. The summed E-state index contributed by atoms with van der Waals surface area (Å²) < 4.78 is 10.1. The predicted molar refractivity (Wildman–Crippen MR) is 54.0 cm³/mol. The van der Waals surface area contributed by atoms with Crippen molar-refractivity contribution >= 4 is 5.69 Å². The number of hydrogen-bond donors (Lipinski definition) is 0. The van der Waals surface area contributed by atoms with Crippen molar-refractivity contribution < 1.29 is 14.4 Å². The fourth-order valence-electron chi connectivity index (χ4n) is 1.01. The Hall–Kier alpha value is -2.22. The smallest absolute Gasteiger partial charge is 0.273 e. The molecule has 0 saturated heterocycles. The third-order valence-electron chi connectivity index (χ3n) is 1.67. The Morgan fingerprint density at radius 3 is 2.80 bits per heavy atom. The molecular formula is C10H9NO4. The first-order valence-corrected chi connectivity index (χ1v) is 4.07. The Balaban J connectivity index is 2.99. The number of methoxy groups -OCH3 is 1. The van der Waals surface area contributed by atoms with Gasteiger partial charge in [-0.05, 0) is 6.07 Å². The molecule has 15 heavy (non-hydrogen) atoms. The van der Waals surface area contributed by atoms with Gasteiger partial charge in [-0.2, -0.15) is 0 Å². The van der Waals surface area contributed by atoms with E-state index < -0.39 is 4.92 Å². The van der Waals surface area contributed by atoms with Crippen LogP contribution in [-0.2, 0) is 0 Å². The summed E-state index contributed by atoms with van der Waals surface area (Å²) in [5.74, 6) is 2.97. The summed E-state index contributed by atoms with van der Waals surface area (Å²) in [6, 6.07) is 4.06. The average Bonchev–Trinajstić information content (AvgIpc) is 2.25. The Morgan fingerprint density at radius 2 is 2.27 bits per heavy atom. The van der Waals surface area contributed by atoms with Gasteiger partial charge >= 0.3 is 0 Å². The van der Waals surface area contributed by atoms with Crippen LogP contribution in [-0.4, -0.2) is 18.6 Å². The van der Waals surface area contributed by atoms with Crippen LogP contribution in [0.2, 0.25) is 0 Å². The van der Waals surface area contributed by atoms with Gasteiger partial charge in [-0.25, -0.2) is 0 Å². The van der Waals surface area contributed by atoms with Gasteiger partial charge in [0.15, 0.2) is 11.5 Å². The molecule has 0 amide bonds. The summed E-state index contributed by atoms with van der Waals surface area (Å²) in [5, 5.41) is 10.5. The summed E-state index contributed by atoms with van der Waals surface area (Å²) >= 11 is 0. The quantitative estimate of drug-likeness (QED) is 0.427. The fourth-order valence-corrected chi connectivity index (χ4v) is 1.01. The lowest BCUT2D eigenvalue weighted by atomic mass is 10.3. The van der Waals surface area contributed by atoms with Crippen molar-refractivity contribution in [3.63, 3.8) is 0 Å². The predicted octanol–water partition coefficient (Wildman–Crippen LogP) is 1.62. The van der Waals surface area contributed by atoms with Gasteiger partial charge < -0.3 is 9.47 Å². The normalized spacial score (nSPS) is 9.07. The number of nitro benzene ring substituents is 1.